The van der Waals surface area contributed by atoms with E-state index in [1.54, 1.807) is 7.11 Å². The SMILES string of the molecule is COC(=O)[C@H](Cc1ccc(Nc2nc(C)cc3ccc(OC)cc23)cc1)Nc1c(C2CCCCCN2)c(=O)c1=O. The molecule has 4 aromatic rings. The highest BCUT2D eigenvalue weighted by Gasteiger charge is 2.31. The fourth-order valence-corrected chi connectivity index (χ4v) is 5.35. The van der Waals surface area contributed by atoms with Crippen molar-refractivity contribution < 1.29 is 14.3 Å². The van der Waals surface area contributed by atoms with Crippen LogP contribution in [-0.4, -0.2) is 37.8 Å². The number of ether oxygens (including phenoxy) is 2. The maximum absolute atomic E-state index is 12.7. The van der Waals surface area contributed by atoms with Crippen molar-refractivity contribution in [2.45, 2.75) is 51.1 Å². The van der Waals surface area contributed by atoms with Gasteiger partial charge in [0.05, 0.1) is 19.9 Å². The van der Waals surface area contributed by atoms with E-state index in [-0.39, 0.29) is 18.2 Å². The summed E-state index contributed by atoms with van der Waals surface area (Å²) in [5.41, 5.74) is 2.21. The number of nitrogens with one attached hydrogen (secondary N) is 3. The van der Waals surface area contributed by atoms with E-state index in [2.05, 4.69) is 20.9 Å². The molecule has 0 aliphatic carbocycles. The molecule has 208 valence electrons. The molecule has 1 unspecified atom stereocenters. The number of hydrogen-bond donors (Lipinski definition) is 3. The van der Waals surface area contributed by atoms with Gasteiger partial charge in [0.1, 0.15) is 17.6 Å². The summed E-state index contributed by atoms with van der Waals surface area (Å²) in [6.45, 7) is 2.75. The van der Waals surface area contributed by atoms with E-state index in [4.69, 9.17) is 9.47 Å². The van der Waals surface area contributed by atoms with E-state index in [9.17, 15) is 14.4 Å². The van der Waals surface area contributed by atoms with Gasteiger partial charge < -0.3 is 25.4 Å². The standard InChI is InChI=1S/C31H34N4O5/c1-18-15-20-10-13-22(39-2)17-23(20)30(33-18)34-21-11-8-19(9-12-21)16-25(31(38)40-3)35-27-26(28(36)29(27)37)24-7-5-4-6-14-32-24/h8-13,15,17,24-25,32,35H,4-7,14,16H2,1-3H3,(H,33,34)/t24?,25-/m0/s1. The predicted octanol–water partition coefficient (Wildman–Crippen LogP) is 4.29. The third kappa shape index (κ3) is 5.70. The second kappa shape index (κ2) is 11.9. The number of aryl methyl sites for hydroxylation is 1. The lowest BCUT2D eigenvalue weighted by Gasteiger charge is -2.24. The average molecular weight is 543 g/mol. The van der Waals surface area contributed by atoms with Crippen LogP contribution in [0.25, 0.3) is 10.8 Å². The van der Waals surface area contributed by atoms with Crippen LogP contribution in [-0.2, 0) is 16.0 Å². The first-order valence-corrected chi connectivity index (χ1v) is 13.6. The molecule has 0 bridgehead atoms. The molecule has 9 heteroatoms. The third-order valence-electron chi connectivity index (χ3n) is 7.48. The van der Waals surface area contributed by atoms with E-state index >= 15 is 0 Å². The van der Waals surface area contributed by atoms with Gasteiger partial charge in [-0.15, -0.1) is 0 Å². The number of aromatic nitrogens is 1. The van der Waals surface area contributed by atoms with E-state index in [1.165, 1.54) is 7.11 Å². The highest BCUT2D eigenvalue weighted by Crippen LogP contribution is 2.30. The van der Waals surface area contributed by atoms with Crippen molar-refractivity contribution in [1.29, 1.82) is 0 Å². The molecule has 1 aliphatic heterocycles. The molecule has 1 fully saturated rings. The average Bonchev–Trinajstić information content (AvgIpc) is 3.25. The largest absolute Gasteiger partial charge is 0.497 e. The van der Waals surface area contributed by atoms with Gasteiger partial charge in [0.15, 0.2) is 0 Å². The van der Waals surface area contributed by atoms with E-state index in [0.717, 1.165) is 71.5 Å². The van der Waals surface area contributed by atoms with Gasteiger partial charge in [0.25, 0.3) is 0 Å². The van der Waals surface area contributed by atoms with Crippen molar-refractivity contribution in [3.63, 3.8) is 0 Å². The Labute approximate surface area is 232 Å². The lowest BCUT2D eigenvalue weighted by atomic mass is 9.94. The molecule has 1 saturated heterocycles. The Kier molecular flexibility index (Phi) is 8.11. The first-order valence-electron chi connectivity index (χ1n) is 13.6. The number of carbonyl (C=O) groups is 1. The molecule has 0 saturated carbocycles. The number of pyridine rings is 1. The van der Waals surface area contributed by atoms with Crippen molar-refractivity contribution in [1.82, 2.24) is 10.3 Å². The molecule has 3 N–H and O–H groups in total. The molecule has 5 rings (SSSR count). The summed E-state index contributed by atoms with van der Waals surface area (Å²) in [5.74, 6) is 0.965. The van der Waals surface area contributed by atoms with Gasteiger partial charge in [-0.3, -0.25) is 9.59 Å². The molecule has 2 heterocycles. The van der Waals surface area contributed by atoms with Crippen molar-refractivity contribution in [2.24, 2.45) is 0 Å². The third-order valence-corrected chi connectivity index (χ3v) is 7.48. The number of esters is 1. The van der Waals surface area contributed by atoms with Crippen molar-refractivity contribution in [3.05, 3.63) is 85.8 Å². The lowest BCUT2D eigenvalue weighted by Crippen LogP contribution is -2.46. The normalized spacial score (nSPS) is 16.3. The topological polar surface area (TPSA) is 119 Å². The maximum atomic E-state index is 12.7. The summed E-state index contributed by atoms with van der Waals surface area (Å²) >= 11 is 0. The Morgan fingerprint density at radius 1 is 1.05 bits per heavy atom. The molecule has 9 nitrogen and oxygen atoms in total. The summed E-state index contributed by atoms with van der Waals surface area (Å²) in [7, 11) is 2.95. The minimum Gasteiger partial charge on any atom is -0.497 e. The number of fused-ring (bicyclic) bond motifs is 1. The second-order valence-electron chi connectivity index (χ2n) is 10.2. The molecular formula is C31H34N4O5. The van der Waals surface area contributed by atoms with Crippen LogP contribution in [0.5, 0.6) is 5.75 Å². The Morgan fingerprint density at radius 3 is 2.60 bits per heavy atom. The van der Waals surface area contributed by atoms with Gasteiger partial charge in [-0.2, -0.15) is 0 Å². The van der Waals surface area contributed by atoms with Crippen LogP contribution in [0.1, 0.15) is 48.5 Å². The van der Waals surface area contributed by atoms with Crippen LogP contribution in [0.15, 0.2) is 58.1 Å². The predicted molar refractivity (Wildman–Crippen MR) is 156 cm³/mol. The Hall–Kier alpha value is -4.24. The molecule has 3 aromatic carbocycles. The minimum absolute atomic E-state index is 0.176. The summed E-state index contributed by atoms with van der Waals surface area (Å²) < 4.78 is 10.4. The number of rotatable bonds is 9. The van der Waals surface area contributed by atoms with Gasteiger partial charge in [-0.25, -0.2) is 9.78 Å². The molecule has 1 aliphatic rings. The van der Waals surface area contributed by atoms with Crippen LogP contribution in [0.2, 0.25) is 0 Å². The van der Waals surface area contributed by atoms with Gasteiger partial charge in [-0.1, -0.05) is 31.0 Å². The number of anilines is 3. The smallest absolute Gasteiger partial charge is 0.328 e. The molecule has 1 aromatic heterocycles. The Balaban J connectivity index is 1.34. The van der Waals surface area contributed by atoms with Crippen LogP contribution in [0, 0.1) is 6.92 Å². The summed E-state index contributed by atoms with van der Waals surface area (Å²) in [6.07, 6.45) is 4.18. The summed E-state index contributed by atoms with van der Waals surface area (Å²) in [4.78, 5) is 42.3. The van der Waals surface area contributed by atoms with Gasteiger partial charge in [-0.05, 0) is 67.6 Å². The molecular weight excluding hydrogens is 508 g/mol. The number of carbonyl (C=O) groups excluding carboxylic acids is 1. The molecule has 0 amide bonds. The minimum atomic E-state index is -0.813. The quantitative estimate of drug-likeness (QED) is 0.210. The van der Waals surface area contributed by atoms with Crippen LogP contribution < -0.4 is 31.5 Å². The van der Waals surface area contributed by atoms with Crippen LogP contribution in [0.4, 0.5) is 17.2 Å². The molecule has 0 spiro atoms. The van der Waals surface area contributed by atoms with E-state index in [1.807, 2.05) is 55.5 Å². The van der Waals surface area contributed by atoms with Gasteiger partial charge >= 0.3 is 5.97 Å². The molecule has 0 radical (unpaired) electrons. The number of benzene rings is 2. The first-order chi connectivity index (χ1) is 19.4. The highest BCUT2D eigenvalue weighted by molar-refractivity contribution is 5.94. The maximum Gasteiger partial charge on any atom is 0.328 e. The van der Waals surface area contributed by atoms with Crippen LogP contribution in [0.3, 0.4) is 0 Å². The number of nitrogens with zero attached hydrogens (tertiary/aromatic N) is 1. The van der Waals surface area contributed by atoms with Crippen molar-refractivity contribution >= 4 is 33.9 Å². The first kappa shape index (κ1) is 27.3. The molecule has 2 atom stereocenters. The van der Waals surface area contributed by atoms with Crippen molar-refractivity contribution in [2.75, 3.05) is 31.4 Å². The van der Waals surface area contributed by atoms with Gasteiger partial charge in [0.2, 0.25) is 10.9 Å². The zero-order chi connectivity index (χ0) is 28.2. The monoisotopic (exact) mass is 542 g/mol. The van der Waals surface area contributed by atoms with Crippen LogP contribution >= 0.6 is 0 Å². The van der Waals surface area contributed by atoms with E-state index < -0.39 is 22.9 Å². The lowest BCUT2D eigenvalue weighted by molar-refractivity contribution is -0.141. The zero-order valence-corrected chi connectivity index (χ0v) is 23.0. The second-order valence-corrected chi connectivity index (χ2v) is 10.2. The summed E-state index contributed by atoms with van der Waals surface area (Å²) in [6, 6.07) is 14.6. The highest BCUT2D eigenvalue weighted by atomic mass is 16.5. The number of hydrogen-bond acceptors (Lipinski definition) is 9. The van der Waals surface area contributed by atoms with Gasteiger partial charge in [0, 0.05) is 34.8 Å². The fraction of sp³-hybridized carbons (Fsp3) is 0.355. The number of methoxy groups -OCH3 is 2. The van der Waals surface area contributed by atoms with E-state index in [0.29, 0.717) is 5.56 Å². The Bertz CT molecular complexity index is 1580. The molecule has 40 heavy (non-hydrogen) atoms. The van der Waals surface area contributed by atoms with Crippen molar-refractivity contribution in [3.8, 4) is 5.75 Å². The zero-order valence-electron chi connectivity index (χ0n) is 23.0. The fourth-order valence-electron chi connectivity index (χ4n) is 5.35. The summed E-state index contributed by atoms with van der Waals surface area (Å²) in [5, 5.41) is 11.8. The Morgan fingerprint density at radius 2 is 1.85 bits per heavy atom.